The maximum atomic E-state index is 10.5. The Morgan fingerprint density at radius 1 is 0.643 bits per heavy atom. The molecule has 0 bridgehead atoms. The molecule has 42 heavy (non-hydrogen) atoms. The molecular formula is C36H74O6. The lowest BCUT2D eigenvalue weighted by Gasteiger charge is -2.09. The highest BCUT2D eigenvalue weighted by atomic mass is 16.3. The smallest absolute Gasteiger partial charge is 0.152 e. The Kier molecular flexibility index (Phi) is 61.3. The highest BCUT2D eigenvalue weighted by Crippen LogP contribution is 2.07. The third-order valence-electron chi connectivity index (χ3n) is 4.10. The maximum Gasteiger partial charge on any atom is 0.152 e. The van der Waals surface area contributed by atoms with E-state index in [2.05, 4.69) is 27.7 Å². The van der Waals surface area contributed by atoms with Crippen molar-refractivity contribution < 1.29 is 29.1 Å². The second kappa shape index (κ2) is 46.0. The number of hydrogen-bond donors (Lipinski definition) is 1. The molecule has 0 saturated heterocycles. The molecule has 0 aromatic carbocycles. The number of rotatable bonds is 13. The molecular weight excluding hydrogens is 528 g/mol. The zero-order chi connectivity index (χ0) is 35.3. The zero-order valence-electron chi connectivity index (χ0n) is 31.1. The van der Waals surface area contributed by atoms with Crippen LogP contribution in [0.3, 0.4) is 0 Å². The molecule has 0 aliphatic heterocycles. The van der Waals surface area contributed by atoms with Gasteiger partial charge in [-0.1, -0.05) is 95.6 Å². The lowest BCUT2D eigenvalue weighted by molar-refractivity contribution is -0.119. The van der Waals surface area contributed by atoms with Gasteiger partial charge in [-0.2, -0.15) is 0 Å². The number of hydrogen-bond acceptors (Lipinski definition) is 6. The largest absolute Gasteiger partial charge is 0.393 e. The van der Waals surface area contributed by atoms with Gasteiger partial charge in [-0.05, 0) is 83.6 Å². The quantitative estimate of drug-likeness (QED) is 0.166. The van der Waals surface area contributed by atoms with Gasteiger partial charge in [-0.25, -0.2) is 0 Å². The molecule has 0 heterocycles. The summed E-state index contributed by atoms with van der Waals surface area (Å²) in [6.45, 7) is 32.5. The molecule has 0 saturated carbocycles. The van der Waals surface area contributed by atoms with Crippen LogP contribution in [0.5, 0.6) is 0 Å². The van der Waals surface area contributed by atoms with E-state index in [1.165, 1.54) is 27.2 Å². The van der Waals surface area contributed by atoms with Crippen LogP contribution >= 0.6 is 0 Å². The van der Waals surface area contributed by atoms with E-state index in [1.54, 1.807) is 19.9 Å². The number of aliphatic hydroxyl groups excluding tert-OH is 1. The molecule has 0 aromatic rings. The van der Waals surface area contributed by atoms with Gasteiger partial charge in [-0.3, -0.25) is 9.59 Å². The first-order valence-electron chi connectivity index (χ1n) is 16.0. The molecule has 0 amide bonds. The summed E-state index contributed by atoms with van der Waals surface area (Å²) >= 11 is 0. The minimum Gasteiger partial charge on any atom is -0.393 e. The first kappa shape index (κ1) is 55.9. The summed E-state index contributed by atoms with van der Waals surface area (Å²) in [4.78, 5) is 50.3. The molecule has 0 aliphatic rings. The van der Waals surface area contributed by atoms with Crippen molar-refractivity contribution in [2.24, 2.45) is 23.7 Å². The van der Waals surface area contributed by atoms with E-state index >= 15 is 0 Å². The predicted octanol–water partition coefficient (Wildman–Crippen LogP) is 9.83. The lowest BCUT2D eigenvalue weighted by Crippen LogP contribution is -2.13. The zero-order valence-corrected chi connectivity index (χ0v) is 31.1. The molecule has 0 radical (unpaired) electrons. The molecule has 0 spiro atoms. The van der Waals surface area contributed by atoms with Crippen molar-refractivity contribution in [3.05, 3.63) is 12.2 Å². The second-order valence-corrected chi connectivity index (χ2v) is 11.5. The van der Waals surface area contributed by atoms with Crippen molar-refractivity contribution in [2.45, 2.75) is 169 Å². The number of allylic oxidation sites excluding steroid dienone is 2. The fraction of sp³-hybridized carbons (Fsp3) is 0.806. The fourth-order valence-electron chi connectivity index (χ4n) is 2.42. The average Bonchev–Trinajstić information content (AvgIpc) is 2.80. The van der Waals surface area contributed by atoms with Crippen molar-refractivity contribution in [1.82, 2.24) is 0 Å². The van der Waals surface area contributed by atoms with E-state index in [0.717, 1.165) is 37.9 Å². The Balaban J connectivity index is -0.0000000724. The van der Waals surface area contributed by atoms with Gasteiger partial charge < -0.3 is 19.5 Å². The summed E-state index contributed by atoms with van der Waals surface area (Å²) in [5, 5.41) is 9.17. The summed E-state index contributed by atoms with van der Waals surface area (Å²) in [6, 6.07) is 0. The number of carbonyl (C=O) groups is 5. The first-order valence-corrected chi connectivity index (χ1v) is 16.0. The van der Waals surface area contributed by atoms with Gasteiger partial charge in [0.1, 0.15) is 23.6 Å². The summed E-state index contributed by atoms with van der Waals surface area (Å²) < 4.78 is 0. The van der Waals surface area contributed by atoms with Gasteiger partial charge in [0.05, 0.1) is 6.10 Å². The van der Waals surface area contributed by atoms with Crippen LogP contribution in [0.1, 0.15) is 163 Å². The maximum absolute atomic E-state index is 10.5. The monoisotopic (exact) mass is 603 g/mol. The molecule has 1 unspecified atom stereocenters. The lowest BCUT2D eigenvalue weighted by atomic mass is 10.0. The van der Waals surface area contributed by atoms with Gasteiger partial charge >= 0.3 is 0 Å². The van der Waals surface area contributed by atoms with Crippen molar-refractivity contribution in [2.75, 3.05) is 0 Å². The van der Waals surface area contributed by atoms with E-state index in [1.807, 2.05) is 61.5 Å². The highest BCUT2D eigenvalue weighted by molar-refractivity contribution is 5.87. The van der Waals surface area contributed by atoms with Crippen molar-refractivity contribution in [3.8, 4) is 0 Å². The van der Waals surface area contributed by atoms with Gasteiger partial charge in [-0.15, -0.1) is 0 Å². The molecule has 0 fully saturated rings. The summed E-state index contributed by atoms with van der Waals surface area (Å²) in [6.07, 6.45) is 9.79. The second-order valence-electron chi connectivity index (χ2n) is 11.5. The number of ketones is 4. The van der Waals surface area contributed by atoms with Crippen LogP contribution in [0.25, 0.3) is 0 Å². The van der Waals surface area contributed by atoms with Crippen LogP contribution in [-0.4, -0.2) is 40.6 Å². The van der Waals surface area contributed by atoms with Crippen LogP contribution in [0, 0.1) is 23.7 Å². The minimum atomic E-state index is -0.433. The Bertz CT molecular complexity index is 612. The normalized spacial score (nSPS) is 10.0. The SMILES string of the molecule is CC.CC.CC(=O)/C=C/CC(C)C.CC(=O)CC(O)CC(C)C.CC(=O)CCCC(C)C.CC(C)=O.CC(C)CC=O. The van der Waals surface area contributed by atoms with Gasteiger partial charge in [0, 0.05) is 19.3 Å². The van der Waals surface area contributed by atoms with Crippen LogP contribution < -0.4 is 0 Å². The Morgan fingerprint density at radius 3 is 1.26 bits per heavy atom. The van der Waals surface area contributed by atoms with Crippen LogP contribution in [0.15, 0.2) is 12.2 Å². The molecule has 0 aliphatic carbocycles. The van der Waals surface area contributed by atoms with Crippen LogP contribution in [0.4, 0.5) is 0 Å². The highest BCUT2D eigenvalue weighted by Gasteiger charge is 2.08. The molecule has 6 heteroatoms. The van der Waals surface area contributed by atoms with E-state index in [0.29, 0.717) is 36.4 Å². The van der Waals surface area contributed by atoms with E-state index < -0.39 is 6.10 Å². The number of Topliss-reactive ketones (excluding diaryl/α,β-unsaturated/α-hetero) is 3. The summed E-state index contributed by atoms with van der Waals surface area (Å²) in [7, 11) is 0. The Morgan fingerprint density at radius 2 is 1.05 bits per heavy atom. The van der Waals surface area contributed by atoms with Crippen molar-refractivity contribution >= 4 is 29.4 Å². The molecule has 0 rings (SSSR count). The molecule has 254 valence electrons. The van der Waals surface area contributed by atoms with E-state index in [-0.39, 0.29) is 17.3 Å². The summed E-state index contributed by atoms with van der Waals surface area (Å²) in [5.74, 6) is 3.07. The number of aldehydes is 1. The van der Waals surface area contributed by atoms with E-state index in [9.17, 15) is 24.0 Å². The third kappa shape index (κ3) is 118. The predicted molar refractivity (Wildman–Crippen MR) is 184 cm³/mol. The van der Waals surface area contributed by atoms with Gasteiger partial charge in [0.15, 0.2) is 5.78 Å². The van der Waals surface area contributed by atoms with Crippen LogP contribution in [-0.2, 0) is 24.0 Å². The van der Waals surface area contributed by atoms with Crippen LogP contribution in [0.2, 0.25) is 0 Å². The number of aliphatic hydroxyl groups is 1. The molecule has 1 atom stereocenters. The number of carbonyl (C=O) groups excluding carboxylic acids is 5. The molecule has 0 aromatic heterocycles. The van der Waals surface area contributed by atoms with Gasteiger partial charge in [0.25, 0.3) is 0 Å². The molecule has 1 N–H and O–H groups in total. The van der Waals surface area contributed by atoms with Gasteiger partial charge in [0.2, 0.25) is 0 Å². The average molecular weight is 603 g/mol. The third-order valence-corrected chi connectivity index (χ3v) is 4.10. The Hall–Kier alpha value is -1.95. The first-order chi connectivity index (χ1) is 19.3. The van der Waals surface area contributed by atoms with E-state index in [4.69, 9.17) is 5.11 Å². The topological polar surface area (TPSA) is 106 Å². The van der Waals surface area contributed by atoms with Crippen molar-refractivity contribution in [3.63, 3.8) is 0 Å². The fourth-order valence-corrected chi connectivity index (χ4v) is 2.42. The summed E-state index contributed by atoms with van der Waals surface area (Å²) in [5.41, 5.74) is 0. The Labute approximate surface area is 262 Å². The minimum absolute atomic E-state index is 0.0631. The standard InChI is InChI=1S/C8H16O2.C8H16O.C8H14O.C5H10O.C3H6O.2C2H6/c1-6(2)4-8(10)5-7(3)9;2*1-7(2)5-4-6-8(3)9;1-5(2)3-4-6;1-3(2)4;2*1-2/h6,8,10H,4-5H2,1-3H3;7H,4-6H2,1-3H3;4,6-7H,5H2,1-3H3;4-5H,3H2,1-2H3;1-2H3;2*1-2H3/b;;6-4+;;;;. The van der Waals surface area contributed by atoms with Crippen molar-refractivity contribution in [1.29, 1.82) is 0 Å². The molecule has 6 nitrogen and oxygen atoms in total.